The first-order valence-corrected chi connectivity index (χ1v) is 10.2. The summed E-state index contributed by atoms with van der Waals surface area (Å²) in [4.78, 5) is 28.2. The molecule has 7 nitrogen and oxygen atoms in total. The summed E-state index contributed by atoms with van der Waals surface area (Å²) < 4.78 is 9.59. The number of hydrogen-bond donors (Lipinski definition) is 1. The molecule has 0 aliphatic rings. The van der Waals surface area contributed by atoms with Crippen LogP contribution in [-0.2, 0) is 4.79 Å². The van der Waals surface area contributed by atoms with Crippen LogP contribution in [-0.4, -0.2) is 26.9 Å². The summed E-state index contributed by atoms with van der Waals surface area (Å²) in [7, 11) is 0. The second kappa shape index (κ2) is 8.57. The number of furan rings is 1. The number of amides is 2. The van der Waals surface area contributed by atoms with E-state index in [4.69, 9.17) is 4.42 Å². The highest BCUT2D eigenvalue weighted by atomic mass is 32.1. The lowest BCUT2D eigenvalue weighted by molar-refractivity contribution is -0.124. The topological polar surface area (TPSA) is 88.3 Å². The highest BCUT2D eigenvalue weighted by Gasteiger charge is 2.38. The molecule has 0 radical (unpaired) electrons. The molecule has 1 aromatic carbocycles. The van der Waals surface area contributed by atoms with Crippen molar-refractivity contribution in [2.45, 2.75) is 45.7 Å². The molecule has 0 spiro atoms. The van der Waals surface area contributed by atoms with Crippen LogP contribution in [0.5, 0.6) is 0 Å². The number of nitrogens with one attached hydrogen (secondary N) is 1. The molecule has 3 aromatic rings. The lowest BCUT2D eigenvalue weighted by Crippen LogP contribution is -2.50. The van der Waals surface area contributed by atoms with Gasteiger partial charge in [0.05, 0.1) is 0 Å². The third kappa shape index (κ3) is 4.71. The zero-order valence-corrected chi connectivity index (χ0v) is 17.7. The number of carbonyl (C=O) groups excluding carboxylic acids is 2. The second-order valence-corrected chi connectivity index (χ2v) is 7.99. The Morgan fingerprint density at radius 2 is 1.93 bits per heavy atom. The number of nitrogens with zero attached hydrogens (tertiary/aromatic N) is 3. The number of anilines is 1. The van der Waals surface area contributed by atoms with E-state index in [1.165, 1.54) is 4.90 Å². The van der Waals surface area contributed by atoms with Gasteiger partial charge < -0.3 is 9.73 Å². The van der Waals surface area contributed by atoms with Gasteiger partial charge in [0.25, 0.3) is 11.8 Å². The van der Waals surface area contributed by atoms with Crippen molar-refractivity contribution in [3.8, 4) is 0 Å². The average molecular weight is 413 g/mol. The first-order chi connectivity index (χ1) is 13.8. The monoisotopic (exact) mass is 412 g/mol. The van der Waals surface area contributed by atoms with Crippen LogP contribution in [0.1, 0.15) is 55.2 Å². The Morgan fingerprint density at radius 3 is 2.48 bits per heavy atom. The van der Waals surface area contributed by atoms with E-state index in [9.17, 15) is 9.59 Å². The van der Waals surface area contributed by atoms with Gasteiger partial charge in [0, 0.05) is 16.6 Å². The Labute approximate surface area is 173 Å². The predicted molar refractivity (Wildman–Crippen MR) is 112 cm³/mol. The quantitative estimate of drug-likeness (QED) is 0.630. The van der Waals surface area contributed by atoms with Crippen LogP contribution in [0.15, 0.2) is 52.3 Å². The zero-order chi connectivity index (χ0) is 21.0. The van der Waals surface area contributed by atoms with E-state index in [2.05, 4.69) is 14.9 Å². The SMILES string of the molecule is CCC(C)(C)NC(=O)[C@@H](c1ccc(C)o1)N(C(=O)c1csnn1)c1ccccc1. The molecule has 0 unspecified atom stereocenters. The van der Waals surface area contributed by atoms with Gasteiger partial charge in [0.2, 0.25) is 0 Å². The summed E-state index contributed by atoms with van der Waals surface area (Å²) >= 11 is 1.08. The molecule has 0 aliphatic carbocycles. The number of aromatic nitrogens is 2. The van der Waals surface area contributed by atoms with Crippen LogP contribution >= 0.6 is 11.5 Å². The molecule has 0 saturated carbocycles. The maximum absolute atomic E-state index is 13.4. The molecule has 1 N–H and O–H groups in total. The number of benzene rings is 1. The Kier molecular flexibility index (Phi) is 6.12. The minimum absolute atomic E-state index is 0.176. The molecule has 0 bridgehead atoms. The molecule has 1 atom stereocenters. The Bertz CT molecular complexity index is 967. The fourth-order valence-corrected chi connectivity index (χ4v) is 3.25. The minimum atomic E-state index is -0.994. The highest BCUT2D eigenvalue weighted by molar-refractivity contribution is 7.03. The van der Waals surface area contributed by atoms with Crippen molar-refractivity contribution in [1.82, 2.24) is 14.9 Å². The number of hydrogen-bond acceptors (Lipinski definition) is 6. The summed E-state index contributed by atoms with van der Waals surface area (Å²) in [6.45, 7) is 7.67. The van der Waals surface area contributed by atoms with Crippen LogP contribution in [0.3, 0.4) is 0 Å². The number of aryl methyl sites for hydroxylation is 1. The summed E-state index contributed by atoms with van der Waals surface area (Å²) in [6, 6.07) is 11.5. The maximum atomic E-state index is 13.4. The third-order valence-electron chi connectivity index (χ3n) is 4.71. The van der Waals surface area contributed by atoms with Crippen LogP contribution in [0.4, 0.5) is 5.69 Å². The largest absolute Gasteiger partial charge is 0.464 e. The number of rotatable bonds is 7. The zero-order valence-electron chi connectivity index (χ0n) is 16.9. The highest BCUT2D eigenvalue weighted by Crippen LogP contribution is 2.31. The van der Waals surface area contributed by atoms with E-state index < -0.39 is 17.5 Å². The van der Waals surface area contributed by atoms with Gasteiger partial charge in [0.15, 0.2) is 11.7 Å². The van der Waals surface area contributed by atoms with Gasteiger partial charge in [-0.1, -0.05) is 29.6 Å². The molecular formula is C21H24N4O3S. The average Bonchev–Trinajstić information content (AvgIpc) is 3.37. The molecule has 152 valence electrons. The fourth-order valence-electron chi connectivity index (χ4n) is 2.82. The summed E-state index contributed by atoms with van der Waals surface area (Å²) in [5, 5.41) is 8.51. The second-order valence-electron chi connectivity index (χ2n) is 7.38. The molecule has 2 amide bonds. The van der Waals surface area contributed by atoms with E-state index >= 15 is 0 Å². The molecule has 8 heteroatoms. The van der Waals surface area contributed by atoms with E-state index in [0.29, 0.717) is 17.2 Å². The predicted octanol–water partition coefficient (Wildman–Crippen LogP) is 4.13. The van der Waals surface area contributed by atoms with E-state index in [0.717, 1.165) is 18.0 Å². The van der Waals surface area contributed by atoms with Crippen LogP contribution in [0.25, 0.3) is 0 Å². The maximum Gasteiger partial charge on any atom is 0.280 e. The summed E-state index contributed by atoms with van der Waals surface area (Å²) in [5.41, 5.74) is 0.300. The Morgan fingerprint density at radius 1 is 1.21 bits per heavy atom. The normalized spacial score (nSPS) is 12.4. The van der Waals surface area contributed by atoms with Crippen molar-refractivity contribution in [2.75, 3.05) is 4.90 Å². The van der Waals surface area contributed by atoms with Crippen LogP contribution in [0.2, 0.25) is 0 Å². The van der Waals surface area contributed by atoms with Gasteiger partial charge in [-0.25, -0.2) is 0 Å². The summed E-state index contributed by atoms with van der Waals surface area (Å²) in [6.07, 6.45) is 0.734. The van der Waals surface area contributed by atoms with Crippen molar-refractivity contribution in [2.24, 2.45) is 0 Å². The summed E-state index contributed by atoms with van der Waals surface area (Å²) in [5.74, 6) is 0.288. The van der Waals surface area contributed by atoms with Crippen molar-refractivity contribution in [3.63, 3.8) is 0 Å². The smallest absolute Gasteiger partial charge is 0.280 e. The fraction of sp³-hybridized carbons (Fsp3) is 0.333. The van der Waals surface area contributed by atoms with Gasteiger partial charge in [-0.3, -0.25) is 14.5 Å². The Hall–Kier alpha value is -3.00. The van der Waals surface area contributed by atoms with Crippen molar-refractivity contribution in [1.29, 1.82) is 0 Å². The standard InChI is InChI=1S/C21H24N4O3S/c1-5-21(3,4)22-19(26)18(17-12-11-14(2)28-17)25(15-9-7-6-8-10-15)20(27)16-13-29-24-23-16/h6-13,18H,5H2,1-4H3,(H,22,26)/t18-/m1/s1. The van der Waals surface area contributed by atoms with Gasteiger partial charge in [-0.15, -0.1) is 5.10 Å². The molecular weight excluding hydrogens is 388 g/mol. The Balaban J connectivity index is 2.12. The third-order valence-corrected chi connectivity index (χ3v) is 5.22. The lowest BCUT2D eigenvalue weighted by Gasteiger charge is -2.33. The number of carbonyl (C=O) groups is 2. The van der Waals surface area contributed by atoms with Gasteiger partial charge in [0.1, 0.15) is 11.5 Å². The van der Waals surface area contributed by atoms with Gasteiger partial charge in [-0.05, 0) is 63.0 Å². The molecule has 2 aromatic heterocycles. The van der Waals surface area contributed by atoms with Crippen LogP contribution < -0.4 is 10.2 Å². The van der Waals surface area contributed by atoms with Crippen molar-refractivity contribution >= 4 is 29.0 Å². The van der Waals surface area contributed by atoms with Crippen LogP contribution in [0, 0.1) is 6.92 Å². The van der Waals surface area contributed by atoms with Gasteiger partial charge >= 0.3 is 0 Å². The first kappa shape index (κ1) is 20.7. The molecule has 0 saturated heterocycles. The van der Waals surface area contributed by atoms with E-state index in [1.54, 1.807) is 36.6 Å². The lowest BCUT2D eigenvalue weighted by atomic mass is 10.0. The molecule has 0 fully saturated rings. The molecule has 3 rings (SSSR count). The van der Waals surface area contributed by atoms with Gasteiger partial charge in [-0.2, -0.15) is 0 Å². The molecule has 2 heterocycles. The van der Waals surface area contributed by atoms with E-state index in [1.807, 2.05) is 39.0 Å². The van der Waals surface area contributed by atoms with E-state index in [-0.39, 0.29) is 11.6 Å². The van der Waals surface area contributed by atoms with Crippen molar-refractivity contribution in [3.05, 3.63) is 65.1 Å². The molecule has 0 aliphatic heterocycles. The molecule has 29 heavy (non-hydrogen) atoms. The minimum Gasteiger partial charge on any atom is -0.464 e. The number of para-hydroxylation sites is 1. The first-order valence-electron chi connectivity index (χ1n) is 9.36. The van der Waals surface area contributed by atoms with Crippen molar-refractivity contribution < 1.29 is 14.0 Å².